The molecule has 0 saturated carbocycles. The lowest BCUT2D eigenvalue weighted by Gasteiger charge is -2.24. The van der Waals surface area contributed by atoms with Crippen LogP contribution < -0.4 is 20.4 Å². The molecule has 1 atom stereocenters. The van der Waals surface area contributed by atoms with E-state index in [9.17, 15) is 14.0 Å². The monoisotopic (exact) mass is 422 g/mol. The van der Waals surface area contributed by atoms with Crippen LogP contribution in [0.4, 0.5) is 10.1 Å². The van der Waals surface area contributed by atoms with Gasteiger partial charge in [-0.3, -0.25) is 9.59 Å². The van der Waals surface area contributed by atoms with E-state index in [0.717, 1.165) is 17.7 Å². The number of hydrogen-bond acceptors (Lipinski definition) is 5. The number of amides is 1. The van der Waals surface area contributed by atoms with Gasteiger partial charge in [0.1, 0.15) is 17.8 Å². The van der Waals surface area contributed by atoms with Crippen LogP contribution in [0.2, 0.25) is 0 Å². The summed E-state index contributed by atoms with van der Waals surface area (Å²) in [6.45, 7) is 2.54. The third-order valence-electron chi connectivity index (χ3n) is 5.29. The zero-order valence-corrected chi connectivity index (χ0v) is 17.1. The third-order valence-corrected chi connectivity index (χ3v) is 5.29. The van der Waals surface area contributed by atoms with Crippen LogP contribution in [0, 0.1) is 5.82 Å². The standard InChI is InChI=1S/C24H23FN2O4/c1-16-10-18-4-2-3-5-21(18)27(16)13-20-11-22(28)23(14-30-20)31-15-24(29)26-12-17-6-8-19(25)9-7-17/h2-9,11,14,16H,10,12-13,15H2,1H3,(H,26,29)/t16-/m0/s1. The van der Waals surface area contributed by atoms with Crippen molar-refractivity contribution in [3.05, 3.63) is 93.8 Å². The van der Waals surface area contributed by atoms with Crippen LogP contribution in [0.5, 0.6) is 5.75 Å². The minimum absolute atomic E-state index is 0.0180. The predicted octanol–water partition coefficient (Wildman–Crippen LogP) is 3.43. The molecule has 160 valence electrons. The highest BCUT2D eigenvalue weighted by molar-refractivity contribution is 5.77. The van der Waals surface area contributed by atoms with Gasteiger partial charge in [0, 0.05) is 24.3 Å². The molecule has 2 aromatic carbocycles. The molecule has 0 unspecified atom stereocenters. The number of nitrogens with zero attached hydrogens (tertiary/aromatic N) is 1. The van der Waals surface area contributed by atoms with Crippen LogP contribution in [0.25, 0.3) is 0 Å². The molecule has 3 aromatic rings. The molecule has 31 heavy (non-hydrogen) atoms. The fourth-order valence-electron chi connectivity index (χ4n) is 3.66. The van der Waals surface area contributed by atoms with E-state index in [1.54, 1.807) is 12.1 Å². The van der Waals surface area contributed by atoms with Crippen molar-refractivity contribution in [2.45, 2.75) is 32.5 Å². The molecule has 7 heteroatoms. The zero-order valence-electron chi connectivity index (χ0n) is 17.1. The summed E-state index contributed by atoms with van der Waals surface area (Å²) >= 11 is 0. The number of carbonyl (C=O) groups excluding carboxylic acids is 1. The maximum atomic E-state index is 12.9. The Morgan fingerprint density at radius 3 is 2.77 bits per heavy atom. The molecule has 1 aliphatic rings. The fraction of sp³-hybridized carbons (Fsp3) is 0.250. The van der Waals surface area contributed by atoms with Crippen molar-refractivity contribution in [3.63, 3.8) is 0 Å². The Morgan fingerprint density at radius 1 is 1.23 bits per heavy atom. The van der Waals surface area contributed by atoms with Gasteiger partial charge in [-0.15, -0.1) is 0 Å². The average molecular weight is 422 g/mol. The molecule has 0 spiro atoms. The second-order valence-corrected chi connectivity index (χ2v) is 7.58. The van der Waals surface area contributed by atoms with Gasteiger partial charge in [-0.05, 0) is 42.7 Å². The topological polar surface area (TPSA) is 71.8 Å². The van der Waals surface area contributed by atoms with E-state index in [2.05, 4.69) is 29.3 Å². The van der Waals surface area contributed by atoms with Gasteiger partial charge >= 0.3 is 0 Å². The number of carbonyl (C=O) groups is 1. The van der Waals surface area contributed by atoms with Gasteiger partial charge in [0.15, 0.2) is 6.61 Å². The van der Waals surface area contributed by atoms with E-state index in [1.165, 1.54) is 30.0 Å². The molecular formula is C24H23FN2O4. The molecule has 1 aromatic heterocycles. The maximum Gasteiger partial charge on any atom is 0.258 e. The first-order valence-corrected chi connectivity index (χ1v) is 10.1. The first-order chi connectivity index (χ1) is 15.0. The summed E-state index contributed by atoms with van der Waals surface area (Å²) in [5, 5.41) is 2.66. The molecule has 0 saturated heterocycles. The molecule has 0 radical (unpaired) electrons. The predicted molar refractivity (Wildman–Crippen MR) is 115 cm³/mol. The SMILES string of the molecule is C[C@H]1Cc2ccccc2N1Cc1cc(=O)c(OCC(=O)NCc2ccc(F)cc2)co1. The zero-order chi connectivity index (χ0) is 21.8. The minimum atomic E-state index is -0.393. The number of halogens is 1. The summed E-state index contributed by atoms with van der Waals surface area (Å²) in [4.78, 5) is 26.6. The van der Waals surface area contributed by atoms with Crippen molar-refractivity contribution in [1.29, 1.82) is 0 Å². The Labute approximate surface area is 179 Å². The normalized spacial score (nSPS) is 14.9. The van der Waals surface area contributed by atoms with Crippen LogP contribution >= 0.6 is 0 Å². The summed E-state index contributed by atoms with van der Waals surface area (Å²) in [5.41, 5.74) is 2.85. The van der Waals surface area contributed by atoms with E-state index in [1.807, 2.05) is 12.1 Å². The molecule has 2 heterocycles. The lowest BCUT2D eigenvalue weighted by Crippen LogP contribution is -2.30. The van der Waals surface area contributed by atoms with Crippen LogP contribution in [-0.2, 0) is 24.3 Å². The first-order valence-electron chi connectivity index (χ1n) is 10.1. The number of benzene rings is 2. The van der Waals surface area contributed by atoms with Crippen LogP contribution in [0.3, 0.4) is 0 Å². The quantitative estimate of drug-likeness (QED) is 0.632. The number of nitrogens with one attached hydrogen (secondary N) is 1. The van der Waals surface area contributed by atoms with Gasteiger partial charge in [-0.1, -0.05) is 30.3 Å². The molecule has 1 N–H and O–H groups in total. The maximum absolute atomic E-state index is 12.9. The lowest BCUT2D eigenvalue weighted by molar-refractivity contribution is -0.123. The second kappa shape index (κ2) is 9.04. The molecular weight excluding hydrogens is 399 g/mol. The van der Waals surface area contributed by atoms with E-state index in [-0.39, 0.29) is 30.1 Å². The van der Waals surface area contributed by atoms with Crippen molar-refractivity contribution < 1.29 is 18.3 Å². The highest BCUT2D eigenvalue weighted by Gasteiger charge is 2.26. The average Bonchev–Trinajstić information content (AvgIpc) is 3.08. The van der Waals surface area contributed by atoms with Gasteiger partial charge in [0.2, 0.25) is 11.2 Å². The van der Waals surface area contributed by atoms with Gasteiger partial charge in [-0.25, -0.2) is 4.39 Å². The number of hydrogen-bond donors (Lipinski definition) is 1. The molecule has 1 aliphatic heterocycles. The summed E-state index contributed by atoms with van der Waals surface area (Å²) < 4.78 is 23.8. The van der Waals surface area contributed by atoms with Crippen molar-refractivity contribution >= 4 is 11.6 Å². The van der Waals surface area contributed by atoms with E-state index >= 15 is 0 Å². The number of ether oxygens (including phenoxy) is 1. The second-order valence-electron chi connectivity index (χ2n) is 7.58. The first kappa shape index (κ1) is 20.7. The summed E-state index contributed by atoms with van der Waals surface area (Å²) in [5.74, 6) is -0.218. The highest BCUT2D eigenvalue weighted by Crippen LogP contribution is 2.32. The van der Waals surface area contributed by atoms with Gasteiger partial charge in [0.25, 0.3) is 5.91 Å². The van der Waals surface area contributed by atoms with Crippen LogP contribution in [0.1, 0.15) is 23.8 Å². The summed E-state index contributed by atoms with van der Waals surface area (Å²) in [7, 11) is 0. The molecule has 1 amide bonds. The Hall–Kier alpha value is -3.61. The number of fused-ring (bicyclic) bond motifs is 1. The molecule has 0 fully saturated rings. The Kier molecular flexibility index (Phi) is 6.02. The highest BCUT2D eigenvalue weighted by atomic mass is 19.1. The molecule has 0 bridgehead atoms. The fourth-order valence-corrected chi connectivity index (χ4v) is 3.66. The Bertz CT molecular complexity index is 1130. The Morgan fingerprint density at radius 2 is 2.00 bits per heavy atom. The van der Waals surface area contributed by atoms with Gasteiger partial charge < -0.3 is 19.4 Å². The van der Waals surface area contributed by atoms with E-state index in [0.29, 0.717) is 18.3 Å². The van der Waals surface area contributed by atoms with Crippen molar-refractivity contribution in [2.24, 2.45) is 0 Å². The van der Waals surface area contributed by atoms with Gasteiger partial charge in [0.05, 0.1) is 6.54 Å². The van der Waals surface area contributed by atoms with Crippen molar-refractivity contribution in [3.8, 4) is 5.75 Å². The van der Waals surface area contributed by atoms with Crippen LogP contribution in [0.15, 0.2) is 70.1 Å². The lowest BCUT2D eigenvalue weighted by atomic mass is 10.1. The minimum Gasteiger partial charge on any atom is -0.477 e. The third kappa shape index (κ3) is 4.94. The smallest absolute Gasteiger partial charge is 0.258 e. The van der Waals surface area contributed by atoms with Crippen molar-refractivity contribution in [2.75, 3.05) is 11.5 Å². The van der Waals surface area contributed by atoms with E-state index in [4.69, 9.17) is 9.15 Å². The molecule has 0 aliphatic carbocycles. The number of rotatable bonds is 7. The largest absolute Gasteiger partial charge is 0.477 e. The van der Waals surface area contributed by atoms with Crippen molar-refractivity contribution in [1.82, 2.24) is 5.32 Å². The van der Waals surface area contributed by atoms with Crippen LogP contribution in [-0.4, -0.2) is 18.6 Å². The number of anilines is 1. The Balaban J connectivity index is 1.32. The van der Waals surface area contributed by atoms with E-state index < -0.39 is 5.91 Å². The summed E-state index contributed by atoms with van der Waals surface area (Å²) in [6.07, 6.45) is 2.20. The number of para-hydroxylation sites is 1. The summed E-state index contributed by atoms with van der Waals surface area (Å²) in [6, 6.07) is 15.7. The van der Waals surface area contributed by atoms with Gasteiger partial charge in [-0.2, -0.15) is 0 Å². The molecule has 6 nitrogen and oxygen atoms in total. The molecule has 4 rings (SSSR count).